The fraction of sp³-hybridized carbons (Fsp3) is 0.276. The van der Waals surface area contributed by atoms with Crippen LogP contribution < -0.4 is 16.2 Å². The third-order valence-corrected chi connectivity index (χ3v) is 8.30. The third kappa shape index (κ3) is 7.23. The number of H-pyrrole nitrogens is 1. The van der Waals surface area contributed by atoms with Crippen molar-refractivity contribution in [3.8, 4) is 22.5 Å². The molecule has 46 heavy (non-hydrogen) atoms. The maximum absolute atomic E-state index is 13.4. The number of hydrogen-bond donors (Lipinski definition) is 12. The highest BCUT2D eigenvalue weighted by Gasteiger charge is 2.30. The van der Waals surface area contributed by atoms with Gasteiger partial charge in [0, 0.05) is 23.2 Å². The zero-order chi connectivity index (χ0) is 33.9. The van der Waals surface area contributed by atoms with E-state index in [1.54, 1.807) is 18.2 Å². The summed E-state index contributed by atoms with van der Waals surface area (Å²) in [5, 5.41) is 85.0. The van der Waals surface area contributed by atoms with Crippen LogP contribution in [-0.2, 0) is 23.2 Å². The molecule has 4 aromatic rings. The van der Waals surface area contributed by atoms with Crippen LogP contribution in [0, 0.1) is 5.41 Å². The molecule has 0 aliphatic heterocycles. The van der Waals surface area contributed by atoms with Crippen molar-refractivity contribution in [1.82, 2.24) is 15.3 Å². The van der Waals surface area contributed by atoms with Crippen molar-refractivity contribution in [2.75, 3.05) is 13.2 Å². The quantitative estimate of drug-likeness (QED) is 0.0547. The molecule has 4 rings (SSSR count). The number of aliphatic hydroxyl groups is 7. The molecule has 0 aliphatic carbocycles. The average molecular weight is 659 g/mol. The Morgan fingerprint density at radius 3 is 2.17 bits per heavy atom. The number of amides is 1. The summed E-state index contributed by atoms with van der Waals surface area (Å²) in [7, 11) is -4.21. The Labute approximate surface area is 262 Å². The van der Waals surface area contributed by atoms with Gasteiger partial charge in [0.2, 0.25) is 10.0 Å². The lowest BCUT2D eigenvalue weighted by molar-refractivity contribution is -0.113. The SMILES string of the molecule is N=C(N)c1ccc2nc(-c3cc(C(=O)NCC(O)C(O)C(O)C(O)CO)cc(-c4cc(S(N)(=O)=O)ccc4CO)c3CO)[nH]c2c1. The van der Waals surface area contributed by atoms with Crippen molar-refractivity contribution in [2.24, 2.45) is 10.9 Å². The molecule has 0 saturated heterocycles. The highest BCUT2D eigenvalue weighted by molar-refractivity contribution is 7.89. The van der Waals surface area contributed by atoms with Gasteiger partial charge in [0.1, 0.15) is 30.0 Å². The van der Waals surface area contributed by atoms with E-state index in [4.69, 9.17) is 21.4 Å². The smallest absolute Gasteiger partial charge is 0.251 e. The molecule has 1 aromatic heterocycles. The molecule has 0 fully saturated rings. The number of aliphatic hydroxyl groups excluding tert-OH is 7. The lowest BCUT2D eigenvalue weighted by atomic mass is 9.90. The standard InChI is InChI=1S/C29H34N6O10S/c30-27(31)13-2-4-21-22(7-13)35-28(34-21)19-6-15(29(43)33-9-23(39)25(41)26(42)24(40)12-38)5-18(20(19)11-37)17-8-16(46(32,44)45)3-1-14(17)10-36/h1-8,23-26,36-42H,9-12H2,(H3,30,31)(H,33,43)(H,34,35)(H2,32,44,45). The molecule has 14 N–H and O–H groups in total. The van der Waals surface area contributed by atoms with Gasteiger partial charge in [0.15, 0.2) is 0 Å². The second-order valence-corrected chi connectivity index (χ2v) is 12.0. The van der Waals surface area contributed by atoms with Crippen molar-refractivity contribution in [3.05, 3.63) is 70.8 Å². The number of rotatable bonds is 13. The van der Waals surface area contributed by atoms with Crippen LogP contribution in [0.5, 0.6) is 0 Å². The Balaban J connectivity index is 1.87. The topological polar surface area (TPSA) is 309 Å². The second kappa shape index (κ2) is 14.0. The van der Waals surface area contributed by atoms with Gasteiger partial charge in [-0.05, 0) is 64.7 Å². The summed E-state index contributed by atoms with van der Waals surface area (Å²) < 4.78 is 24.4. The van der Waals surface area contributed by atoms with E-state index in [2.05, 4.69) is 15.3 Å². The number of amidine groups is 1. The summed E-state index contributed by atoms with van der Waals surface area (Å²) in [6.45, 7) is -2.69. The van der Waals surface area contributed by atoms with Gasteiger partial charge in [-0.2, -0.15) is 0 Å². The number of hydrogen-bond acceptors (Lipinski definition) is 12. The maximum atomic E-state index is 13.4. The van der Waals surface area contributed by atoms with E-state index in [1.165, 1.54) is 30.3 Å². The van der Waals surface area contributed by atoms with E-state index in [9.17, 15) is 43.9 Å². The van der Waals surface area contributed by atoms with E-state index >= 15 is 0 Å². The minimum Gasteiger partial charge on any atom is -0.394 e. The number of carbonyl (C=O) groups excluding carboxylic acids is 1. The highest BCUT2D eigenvalue weighted by atomic mass is 32.2. The normalized spacial score (nSPS) is 14.5. The number of aromatic amines is 1. The van der Waals surface area contributed by atoms with Crippen LogP contribution in [0.4, 0.5) is 0 Å². The van der Waals surface area contributed by atoms with E-state index < -0.39 is 66.7 Å². The van der Waals surface area contributed by atoms with E-state index in [-0.39, 0.29) is 49.9 Å². The lowest BCUT2D eigenvalue weighted by Gasteiger charge is -2.25. The molecular weight excluding hydrogens is 624 g/mol. The van der Waals surface area contributed by atoms with E-state index in [0.717, 1.165) is 0 Å². The first-order valence-electron chi connectivity index (χ1n) is 13.7. The molecule has 16 nitrogen and oxygen atoms in total. The zero-order valence-corrected chi connectivity index (χ0v) is 24.9. The van der Waals surface area contributed by atoms with Crippen LogP contribution in [0.3, 0.4) is 0 Å². The van der Waals surface area contributed by atoms with Gasteiger partial charge in [0.25, 0.3) is 5.91 Å². The predicted octanol–water partition coefficient (Wildman–Crippen LogP) is -2.02. The fourth-order valence-corrected chi connectivity index (χ4v) is 5.37. The molecule has 1 amide bonds. The van der Waals surface area contributed by atoms with E-state index in [0.29, 0.717) is 16.6 Å². The number of sulfonamides is 1. The molecule has 0 saturated carbocycles. The molecular formula is C29H34N6O10S. The monoisotopic (exact) mass is 658 g/mol. The molecule has 17 heteroatoms. The third-order valence-electron chi connectivity index (χ3n) is 7.39. The average Bonchev–Trinajstić information content (AvgIpc) is 3.48. The first-order chi connectivity index (χ1) is 21.7. The van der Waals surface area contributed by atoms with E-state index in [1.807, 2.05) is 0 Å². The first-order valence-corrected chi connectivity index (χ1v) is 15.2. The zero-order valence-electron chi connectivity index (χ0n) is 24.1. The Hall–Kier alpha value is -4.30. The number of nitrogen functional groups attached to an aromatic ring is 1. The van der Waals surface area contributed by atoms with Crippen molar-refractivity contribution >= 4 is 32.8 Å². The Morgan fingerprint density at radius 1 is 0.891 bits per heavy atom. The summed E-state index contributed by atoms with van der Waals surface area (Å²) in [5.41, 5.74) is 7.71. The number of nitrogens with two attached hydrogens (primary N) is 2. The van der Waals surface area contributed by atoms with Crippen LogP contribution in [0.15, 0.2) is 53.4 Å². The minimum absolute atomic E-state index is 0.0883. The second-order valence-electron chi connectivity index (χ2n) is 10.5. The molecule has 0 aliphatic rings. The number of nitrogens with zero attached hydrogens (tertiary/aromatic N) is 1. The molecule has 0 radical (unpaired) electrons. The predicted molar refractivity (Wildman–Crippen MR) is 165 cm³/mol. The van der Waals surface area contributed by atoms with Gasteiger partial charge in [-0.15, -0.1) is 0 Å². The Kier molecular flexibility index (Phi) is 10.5. The number of fused-ring (bicyclic) bond motifs is 1. The van der Waals surface area contributed by atoms with Crippen molar-refractivity contribution in [2.45, 2.75) is 42.5 Å². The highest BCUT2D eigenvalue weighted by Crippen LogP contribution is 2.37. The summed E-state index contributed by atoms with van der Waals surface area (Å²) >= 11 is 0. The molecule has 4 atom stereocenters. The molecule has 1 heterocycles. The lowest BCUT2D eigenvalue weighted by Crippen LogP contribution is -2.49. The van der Waals surface area contributed by atoms with Crippen molar-refractivity contribution < 1.29 is 49.0 Å². The number of nitrogens with one attached hydrogen (secondary N) is 3. The number of aromatic nitrogens is 2. The van der Waals surface area contributed by atoms with Crippen LogP contribution in [0.2, 0.25) is 0 Å². The summed E-state index contributed by atoms with van der Waals surface area (Å²) in [4.78, 5) is 20.7. The van der Waals surface area contributed by atoms with Crippen molar-refractivity contribution in [1.29, 1.82) is 5.41 Å². The number of benzene rings is 3. The number of primary sulfonamides is 1. The molecule has 4 unspecified atom stereocenters. The van der Waals surface area contributed by atoms with Gasteiger partial charge in [-0.3, -0.25) is 10.2 Å². The Bertz CT molecular complexity index is 1880. The van der Waals surface area contributed by atoms with Crippen LogP contribution >= 0.6 is 0 Å². The first kappa shape index (κ1) is 34.6. The fourth-order valence-electron chi connectivity index (χ4n) is 4.83. The molecule has 0 spiro atoms. The van der Waals surface area contributed by atoms with Gasteiger partial charge < -0.3 is 51.8 Å². The summed E-state index contributed by atoms with van der Waals surface area (Å²) in [5.74, 6) is -0.842. The van der Waals surface area contributed by atoms with Crippen LogP contribution in [0.1, 0.15) is 27.0 Å². The summed E-state index contributed by atoms with van der Waals surface area (Å²) in [6.07, 6.45) is -7.37. The molecule has 3 aromatic carbocycles. The number of carbonyl (C=O) groups is 1. The Morgan fingerprint density at radius 2 is 1.57 bits per heavy atom. The van der Waals surface area contributed by atoms with Gasteiger partial charge in [-0.25, -0.2) is 18.5 Å². The maximum Gasteiger partial charge on any atom is 0.251 e. The van der Waals surface area contributed by atoms with Crippen LogP contribution in [0.25, 0.3) is 33.5 Å². The minimum atomic E-state index is -4.21. The number of imidazole rings is 1. The molecule has 0 bridgehead atoms. The van der Waals surface area contributed by atoms with Crippen molar-refractivity contribution in [3.63, 3.8) is 0 Å². The summed E-state index contributed by atoms with van der Waals surface area (Å²) in [6, 6.07) is 11.2. The van der Waals surface area contributed by atoms with Crippen LogP contribution in [-0.4, -0.2) is 103 Å². The van der Waals surface area contributed by atoms with Gasteiger partial charge in [0.05, 0.1) is 41.9 Å². The van der Waals surface area contributed by atoms with Gasteiger partial charge >= 0.3 is 0 Å². The largest absolute Gasteiger partial charge is 0.394 e. The van der Waals surface area contributed by atoms with Gasteiger partial charge in [-0.1, -0.05) is 6.07 Å². The molecule has 246 valence electrons.